The zero-order chi connectivity index (χ0) is 40.0. The van der Waals surface area contributed by atoms with Crippen LogP contribution in [0, 0.1) is 40.8 Å². The van der Waals surface area contributed by atoms with Crippen molar-refractivity contribution in [3.63, 3.8) is 0 Å². The van der Waals surface area contributed by atoms with Crippen molar-refractivity contribution in [1.29, 1.82) is 0 Å². The first-order valence-corrected chi connectivity index (χ1v) is 18.1. The van der Waals surface area contributed by atoms with Crippen LogP contribution in [0.5, 0.6) is 5.75 Å². The number of aryl methyl sites for hydroxylation is 1. The molecule has 10 nitrogen and oxygen atoms in total. The van der Waals surface area contributed by atoms with E-state index in [9.17, 15) is 45.5 Å². The van der Waals surface area contributed by atoms with Gasteiger partial charge in [0.2, 0.25) is 34.8 Å². The summed E-state index contributed by atoms with van der Waals surface area (Å²) >= 11 is 0. The number of carbonyl (C=O) groups is 3. The van der Waals surface area contributed by atoms with Crippen molar-refractivity contribution in [3.8, 4) is 17.1 Å². The smallest absolute Gasteiger partial charge is 0.408 e. The third-order valence-electron chi connectivity index (χ3n) is 10.7. The van der Waals surface area contributed by atoms with E-state index in [2.05, 4.69) is 10.1 Å². The van der Waals surface area contributed by atoms with Gasteiger partial charge in [0.25, 0.3) is 5.56 Å². The molecular weight excluding hydrogens is 748 g/mol. The van der Waals surface area contributed by atoms with Crippen LogP contribution in [0.3, 0.4) is 0 Å². The SMILES string of the molecule is CCC(C=O)c1cc2n(c(=O)c1COC)Cc1c-2nc2cc(F)cc3c2c1C(NC(=O)OC1/C=C/CCC(C(=O)Oc2c(F)c(F)c(F)c(F)c2F)CC1)CC3. The highest BCUT2D eigenvalue weighted by molar-refractivity contribution is 5.92. The lowest BCUT2D eigenvalue weighted by molar-refractivity contribution is -0.140. The molecule has 0 saturated carbocycles. The maximum Gasteiger partial charge on any atom is 0.408 e. The molecule has 1 N–H and O–H groups in total. The summed E-state index contributed by atoms with van der Waals surface area (Å²) in [4.78, 5) is 57.2. The fourth-order valence-electron chi connectivity index (χ4n) is 7.94. The number of fused-ring (bicyclic) bond motifs is 4. The van der Waals surface area contributed by atoms with Gasteiger partial charge in [-0.15, -0.1) is 0 Å². The van der Waals surface area contributed by atoms with Crippen molar-refractivity contribution in [2.75, 3.05) is 7.11 Å². The minimum Gasteiger partial charge on any atom is -0.442 e. The monoisotopic (exact) mass is 783 g/mol. The summed E-state index contributed by atoms with van der Waals surface area (Å²) in [6.07, 6.45) is 3.90. The molecule has 0 fully saturated rings. The van der Waals surface area contributed by atoms with E-state index in [1.807, 2.05) is 6.92 Å². The maximum absolute atomic E-state index is 14.9. The minimum absolute atomic E-state index is 0.0135. The number of nitrogens with one attached hydrogen (secondary N) is 1. The molecule has 1 aliphatic heterocycles. The third-order valence-corrected chi connectivity index (χ3v) is 10.7. The molecule has 4 atom stereocenters. The number of aldehydes is 1. The summed E-state index contributed by atoms with van der Waals surface area (Å²) in [5.74, 6) is -16.4. The van der Waals surface area contributed by atoms with Crippen LogP contribution in [0.15, 0.2) is 35.1 Å². The van der Waals surface area contributed by atoms with Crippen LogP contribution >= 0.6 is 0 Å². The second-order valence-corrected chi connectivity index (χ2v) is 14.0. The summed E-state index contributed by atoms with van der Waals surface area (Å²) in [6.45, 7) is 1.90. The van der Waals surface area contributed by atoms with Gasteiger partial charge in [0, 0.05) is 35.6 Å². The van der Waals surface area contributed by atoms with E-state index < -0.39 is 76.7 Å². The van der Waals surface area contributed by atoms with Crippen LogP contribution in [-0.4, -0.2) is 41.1 Å². The first-order valence-electron chi connectivity index (χ1n) is 18.1. The number of carbonyl (C=O) groups excluding carboxylic acids is 3. The number of ether oxygens (including phenoxy) is 3. The summed E-state index contributed by atoms with van der Waals surface area (Å²) in [5, 5.41) is 3.55. The largest absolute Gasteiger partial charge is 0.442 e. The summed E-state index contributed by atoms with van der Waals surface area (Å²) < 4.78 is 101. The number of amides is 1. The Morgan fingerprint density at radius 2 is 1.73 bits per heavy atom. The molecule has 4 unspecified atom stereocenters. The second-order valence-electron chi connectivity index (χ2n) is 14.0. The number of alkyl carbamates (subject to hydrolysis) is 1. The standard InChI is InChI=1S/C40H35F6N3O7/c1-3-18(16-50)23-14-28-36-24(15-49(28)38(51)25(23)17-54-2)30-26(11-9-20-12-21(41)13-27(47-36)29(20)30)48-40(53)55-22-7-5-4-6-19(8-10-22)39(52)56-37-34(45)32(43)31(42)33(44)35(37)46/h5,7,12-14,16,18-19,22,26H,3-4,6,8-11,15,17H2,1-2H3,(H,48,53)/b7-5+. The predicted octanol–water partition coefficient (Wildman–Crippen LogP) is 7.53. The fourth-order valence-corrected chi connectivity index (χ4v) is 7.94. The van der Waals surface area contributed by atoms with Crippen molar-refractivity contribution in [2.24, 2.45) is 5.92 Å². The zero-order valence-electron chi connectivity index (χ0n) is 30.2. The van der Waals surface area contributed by atoms with Crippen molar-refractivity contribution in [2.45, 2.75) is 83.1 Å². The molecule has 0 spiro atoms. The number of pyridine rings is 2. The molecule has 2 aliphatic carbocycles. The first-order chi connectivity index (χ1) is 26.9. The quantitative estimate of drug-likeness (QED) is 0.0310. The molecular formula is C40H35F6N3O7. The Bertz CT molecular complexity index is 2350. The number of aromatic nitrogens is 2. The first kappa shape index (κ1) is 38.8. The van der Waals surface area contributed by atoms with E-state index in [1.54, 1.807) is 18.2 Å². The average molecular weight is 784 g/mol. The number of nitrogens with zero attached hydrogens (tertiary/aromatic N) is 2. The molecule has 16 heteroatoms. The third kappa shape index (κ3) is 6.84. The van der Waals surface area contributed by atoms with Gasteiger partial charge >= 0.3 is 12.1 Å². The lowest BCUT2D eigenvalue weighted by atomic mass is 9.83. The van der Waals surface area contributed by atoms with Crippen LogP contribution in [0.25, 0.3) is 22.3 Å². The normalized spacial score (nSPS) is 19.7. The van der Waals surface area contributed by atoms with Gasteiger partial charge in [0.1, 0.15) is 18.2 Å². The highest BCUT2D eigenvalue weighted by Crippen LogP contribution is 2.44. The van der Waals surface area contributed by atoms with Crippen LogP contribution in [-0.2, 0) is 38.6 Å². The lowest BCUT2D eigenvalue weighted by Gasteiger charge is -2.29. The topological polar surface area (TPSA) is 126 Å². The van der Waals surface area contributed by atoms with E-state index in [0.717, 1.165) is 6.29 Å². The van der Waals surface area contributed by atoms with E-state index in [1.165, 1.54) is 23.8 Å². The Morgan fingerprint density at radius 3 is 2.43 bits per heavy atom. The number of methoxy groups -OCH3 is 1. The van der Waals surface area contributed by atoms with E-state index in [-0.39, 0.29) is 44.4 Å². The summed E-state index contributed by atoms with van der Waals surface area (Å²) in [5.41, 5.74) is 3.66. The van der Waals surface area contributed by atoms with Gasteiger partial charge in [0.05, 0.1) is 42.0 Å². The summed E-state index contributed by atoms with van der Waals surface area (Å²) in [7, 11) is 1.45. The number of esters is 1. The Kier molecular flexibility index (Phi) is 10.8. The molecule has 0 bridgehead atoms. The predicted molar refractivity (Wildman–Crippen MR) is 188 cm³/mol. The van der Waals surface area contributed by atoms with Crippen LogP contribution in [0.1, 0.15) is 85.2 Å². The molecule has 0 radical (unpaired) electrons. The fraction of sp³-hybridized carbons (Fsp3) is 0.375. The molecule has 56 heavy (non-hydrogen) atoms. The van der Waals surface area contributed by atoms with E-state index >= 15 is 0 Å². The molecule has 2 aromatic carbocycles. The number of benzene rings is 2. The van der Waals surface area contributed by atoms with Gasteiger partial charge in [-0.1, -0.05) is 13.0 Å². The Morgan fingerprint density at radius 1 is 1.00 bits per heavy atom. The Labute approximate surface area is 315 Å². The van der Waals surface area contributed by atoms with Crippen LogP contribution < -0.4 is 15.6 Å². The van der Waals surface area contributed by atoms with Crippen molar-refractivity contribution >= 4 is 29.3 Å². The number of hydrogen-bond donors (Lipinski definition) is 1. The lowest BCUT2D eigenvalue weighted by Crippen LogP contribution is -2.34. The number of rotatable bonds is 9. The van der Waals surface area contributed by atoms with Gasteiger partial charge in [-0.3, -0.25) is 9.59 Å². The Balaban J connectivity index is 1.14. The van der Waals surface area contributed by atoms with E-state index in [0.29, 0.717) is 69.4 Å². The van der Waals surface area contributed by atoms with E-state index in [4.69, 9.17) is 14.5 Å². The molecule has 7 rings (SSSR count). The highest BCUT2D eigenvalue weighted by Gasteiger charge is 2.36. The van der Waals surface area contributed by atoms with Gasteiger partial charge < -0.3 is 28.9 Å². The molecule has 3 aliphatic rings. The van der Waals surface area contributed by atoms with Crippen molar-refractivity contribution in [3.05, 3.63) is 103 Å². The van der Waals surface area contributed by atoms with Gasteiger partial charge in [-0.25, -0.2) is 27.3 Å². The number of allylic oxidation sites excluding steroid dienone is 1. The number of hydrogen-bond acceptors (Lipinski definition) is 8. The Hall–Kier alpha value is -5.51. The minimum atomic E-state index is -2.38. The molecule has 294 valence electrons. The second kappa shape index (κ2) is 15.6. The molecule has 2 aromatic heterocycles. The van der Waals surface area contributed by atoms with Crippen molar-refractivity contribution in [1.82, 2.24) is 14.9 Å². The maximum atomic E-state index is 14.9. The zero-order valence-corrected chi connectivity index (χ0v) is 30.2. The average Bonchev–Trinajstić information content (AvgIpc) is 3.53. The molecule has 0 saturated heterocycles. The summed E-state index contributed by atoms with van der Waals surface area (Å²) in [6, 6.07) is 3.79. The van der Waals surface area contributed by atoms with Gasteiger partial charge in [-0.2, -0.15) is 8.78 Å². The van der Waals surface area contributed by atoms with Gasteiger partial charge in [-0.05, 0) is 79.8 Å². The molecule has 4 aromatic rings. The number of halogens is 6. The van der Waals surface area contributed by atoms with Crippen molar-refractivity contribution < 1.29 is 54.9 Å². The molecule has 3 heterocycles. The molecule has 1 amide bonds. The highest BCUT2D eigenvalue weighted by atomic mass is 19.2. The van der Waals surface area contributed by atoms with Crippen LogP contribution in [0.4, 0.5) is 31.1 Å². The van der Waals surface area contributed by atoms with Gasteiger partial charge in [0.15, 0.2) is 0 Å². The van der Waals surface area contributed by atoms with Crippen LogP contribution in [0.2, 0.25) is 0 Å².